The zero-order valence-corrected chi connectivity index (χ0v) is 20.3. The van der Waals surface area contributed by atoms with Gasteiger partial charge in [0.1, 0.15) is 11.6 Å². The third-order valence-corrected chi connectivity index (χ3v) is 6.29. The van der Waals surface area contributed by atoms with E-state index in [-0.39, 0.29) is 24.1 Å². The van der Waals surface area contributed by atoms with E-state index in [2.05, 4.69) is 5.32 Å². The highest BCUT2D eigenvalue weighted by atomic mass is 32.1. The Hall–Kier alpha value is -3.91. The van der Waals surface area contributed by atoms with Crippen LogP contribution in [-0.4, -0.2) is 30.8 Å². The molecule has 35 heavy (non-hydrogen) atoms. The zero-order chi connectivity index (χ0) is 24.8. The number of hydrogen-bond acceptors (Lipinski definition) is 5. The first kappa shape index (κ1) is 24.2. The average Bonchev–Trinajstić information content (AvgIpc) is 3.54. The maximum Gasteiger partial charge on any atom is 0.264 e. The molecule has 0 spiro atoms. The minimum Gasteiger partial charge on any atom is -0.467 e. The van der Waals surface area contributed by atoms with Crippen molar-refractivity contribution in [3.8, 4) is 0 Å². The topological polar surface area (TPSA) is 65.8 Å². The highest BCUT2D eigenvalue weighted by molar-refractivity contribution is 7.12. The Morgan fingerprint density at radius 1 is 1.00 bits per heavy atom. The molecule has 2 aromatic heterocycles. The Kier molecular flexibility index (Phi) is 7.62. The number of carbonyl (C=O) groups is 2. The van der Waals surface area contributed by atoms with Crippen LogP contribution in [0.2, 0.25) is 0 Å². The molecule has 1 N–H and O–H groups in total. The Labute approximate surface area is 207 Å². The third-order valence-electron chi connectivity index (χ3n) is 5.43. The molecule has 0 fully saturated rings. The molecule has 0 saturated carbocycles. The van der Waals surface area contributed by atoms with Crippen LogP contribution in [0.5, 0.6) is 0 Å². The standard InChI is InChI=1S/C27H26FN3O3S/c1-30(2)24-12-11-22(29-26(32)15-19-7-9-21(28)10-8-19)16-20(24)17-31(18-23-5-3-13-34-23)27(33)25-6-4-14-35-25/h3-14,16H,15,17-18H2,1-2H3,(H,29,32). The summed E-state index contributed by atoms with van der Waals surface area (Å²) in [6.45, 7) is 0.643. The summed E-state index contributed by atoms with van der Waals surface area (Å²) in [6.07, 6.45) is 1.72. The highest BCUT2D eigenvalue weighted by Gasteiger charge is 2.21. The van der Waals surface area contributed by atoms with E-state index < -0.39 is 0 Å². The number of nitrogens with zero attached hydrogens (tertiary/aromatic N) is 2. The molecule has 0 aliphatic carbocycles. The lowest BCUT2D eigenvalue weighted by Gasteiger charge is -2.25. The Balaban J connectivity index is 1.56. The number of benzene rings is 2. The normalized spacial score (nSPS) is 10.7. The number of nitrogens with one attached hydrogen (secondary N) is 1. The highest BCUT2D eigenvalue weighted by Crippen LogP contribution is 2.27. The van der Waals surface area contributed by atoms with Crippen LogP contribution in [0.25, 0.3) is 0 Å². The number of halogens is 1. The lowest BCUT2D eigenvalue weighted by molar-refractivity contribution is -0.115. The van der Waals surface area contributed by atoms with Gasteiger partial charge >= 0.3 is 0 Å². The van der Waals surface area contributed by atoms with Crippen molar-refractivity contribution >= 4 is 34.5 Å². The van der Waals surface area contributed by atoms with Gasteiger partial charge in [-0.2, -0.15) is 0 Å². The monoisotopic (exact) mass is 491 g/mol. The molecule has 8 heteroatoms. The van der Waals surface area contributed by atoms with Gasteiger partial charge in [0.15, 0.2) is 0 Å². The van der Waals surface area contributed by atoms with Crippen LogP contribution in [0, 0.1) is 5.82 Å². The first-order chi connectivity index (χ1) is 16.9. The summed E-state index contributed by atoms with van der Waals surface area (Å²) in [5.74, 6) is 0.0495. The van der Waals surface area contributed by atoms with Gasteiger partial charge in [-0.1, -0.05) is 18.2 Å². The molecular formula is C27H26FN3O3S. The number of carbonyl (C=O) groups excluding carboxylic acids is 2. The molecule has 2 amide bonds. The summed E-state index contributed by atoms with van der Waals surface area (Å²) in [5.41, 5.74) is 3.16. The van der Waals surface area contributed by atoms with E-state index in [1.54, 1.807) is 35.4 Å². The van der Waals surface area contributed by atoms with Crippen LogP contribution >= 0.6 is 11.3 Å². The maximum absolute atomic E-state index is 13.3. The Bertz CT molecular complexity index is 1270. The summed E-state index contributed by atoms with van der Waals surface area (Å²) in [7, 11) is 3.87. The molecule has 6 nitrogen and oxygen atoms in total. The van der Waals surface area contributed by atoms with E-state index in [1.807, 2.05) is 54.7 Å². The fourth-order valence-corrected chi connectivity index (χ4v) is 4.46. The zero-order valence-electron chi connectivity index (χ0n) is 19.5. The SMILES string of the molecule is CN(C)c1ccc(NC(=O)Cc2ccc(F)cc2)cc1CN(Cc1ccco1)C(=O)c1cccs1. The predicted octanol–water partition coefficient (Wildman–Crippen LogP) is 5.57. The van der Waals surface area contributed by atoms with E-state index in [1.165, 1.54) is 23.5 Å². The summed E-state index contributed by atoms with van der Waals surface area (Å²) < 4.78 is 18.7. The Morgan fingerprint density at radius 3 is 2.46 bits per heavy atom. The molecule has 180 valence electrons. The fraction of sp³-hybridized carbons (Fsp3) is 0.185. The fourth-order valence-electron chi connectivity index (χ4n) is 3.77. The number of anilines is 2. The second-order valence-corrected chi connectivity index (χ2v) is 9.25. The van der Waals surface area contributed by atoms with Gasteiger partial charge in [0, 0.05) is 32.0 Å². The molecule has 0 saturated heterocycles. The van der Waals surface area contributed by atoms with E-state index in [0.717, 1.165) is 16.8 Å². The first-order valence-corrected chi connectivity index (χ1v) is 12.0. The van der Waals surface area contributed by atoms with Crippen molar-refractivity contribution in [2.45, 2.75) is 19.5 Å². The first-order valence-electron chi connectivity index (χ1n) is 11.1. The van der Waals surface area contributed by atoms with Crippen molar-refractivity contribution in [3.63, 3.8) is 0 Å². The summed E-state index contributed by atoms with van der Waals surface area (Å²) in [4.78, 5) is 30.2. The Morgan fingerprint density at radius 2 is 1.80 bits per heavy atom. The third kappa shape index (κ3) is 6.36. The molecule has 0 aliphatic rings. The summed E-state index contributed by atoms with van der Waals surface area (Å²) in [5, 5.41) is 4.79. The van der Waals surface area contributed by atoms with Crippen LogP contribution in [-0.2, 0) is 24.3 Å². The number of rotatable bonds is 9. The van der Waals surface area contributed by atoms with Gasteiger partial charge in [-0.15, -0.1) is 11.3 Å². The second kappa shape index (κ2) is 11.0. The lowest BCUT2D eigenvalue weighted by Crippen LogP contribution is -2.30. The molecule has 0 atom stereocenters. The summed E-state index contributed by atoms with van der Waals surface area (Å²) in [6, 6.07) is 18.8. The van der Waals surface area contributed by atoms with Crippen molar-refractivity contribution in [2.75, 3.05) is 24.3 Å². The number of amides is 2. The van der Waals surface area contributed by atoms with Crippen LogP contribution in [0.3, 0.4) is 0 Å². The van der Waals surface area contributed by atoms with E-state index in [0.29, 0.717) is 29.4 Å². The lowest BCUT2D eigenvalue weighted by atomic mass is 10.1. The smallest absolute Gasteiger partial charge is 0.264 e. The molecule has 0 aliphatic heterocycles. The van der Waals surface area contributed by atoms with Gasteiger partial charge in [-0.25, -0.2) is 4.39 Å². The number of thiophene rings is 1. The molecule has 2 aromatic carbocycles. The van der Waals surface area contributed by atoms with Gasteiger partial charge in [0.2, 0.25) is 5.91 Å². The largest absolute Gasteiger partial charge is 0.467 e. The van der Waals surface area contributed by atoms with Crippen molar-refractivity contribution in [1.29, 1.82) is 0 Å². The maximum atomic E-state index is 13.3. The predicted molar refractivity (Wildman–Crippen MR) is 136 cm³/mol. The summed E-state index contributed by atoms with van der Waals surface area (Å²) >= 11 is 1.39. The average molecular weight is 492 g/mol. The minimum absolute atomic E-state index is 0.0909. The molecule has 4 rings (SSSR count). The van der Waals surface area contributed by atoms with Crippen molar-refractivity contribution in [2.24, 2.45) is 0 Å². The molecule has 0 radical (unpaired) electrons. The molecule has 2 heterocycles. The molecule has 0 bridgehead atoms. The van der Waals surface area contributed by atoms with E-state index >= 15 is 0 Å². The second-order valence-electron chi connectivity index (χ2n) is 8.31. The minimum atomic E-state index is -0.339. The van der Waals surface area contributed by atoms with Crippen molar-refractivity contribution < 1.29 is 18.4 Å². The van der Waals surface area contributed by atoms with Gasteiger partial charge in [-0.3, -0.25) is 9.59 Å². The van der Waals surface area contributed by atoms with E-state index in [9.17, 15) is 14.0 Å². The number of hydrogen-bond donors (Lipinski definition) is 1. The van der Waals surface area contributed by atoms with Gasteiger partial charge in [0.25, 0.3) is 5.91 Å². The van der Waals surface area contributed by atoms with Crippen LogP contribution in [0.1, 0.15) is 26.6 Å². The van der Waals surface area contributed by atoms with Crippen LogP contribution in [0.15, 0.2) is 82.8 Å². The van der Waals surface area contributed by atoms with Gasteiger partial charge in [-0.05, 0) is 65.0 Å². The van der Waals surface area contributed by atoms with E-state index in [4.69, 9.17) is 4.42 Å². The van der Waals surface area contributed by atoms with Gasteiger partial charge < -0.3 is 19.5 Å². The quantitative estimate of drug-likeness (QED) is 0.332. The molecule has 0 unspecified atom stereocenters. The molecular weight excluding hydrogens is 465 g/mol. The van der Waals surface area contributed by atoms with Crippen LogP contribution < -0.4 is 10.2 Å². The van der Waals surface area contributed by atoms with Gasteiger partial charge in [0.05, 0.1) is 24.1 Å². The molecule has 4 aromatic rings. The van der Waals surface area contributed by atoms with Crippen LogP contribution in [0.4, 0.5) is 15.8 Å². The van der Waals surface area contributed by atoms with Crippen molar-refractivity contribution in [1.82, 2.24) is 4.90 Å². The van der Waals surface area contributed by atoms with Crippen molar-refractivity contribution in [3.05, 3.63) is 106 Å². The number of furan rings is 1.